The molecule has 0 bridgehead atoms. The van der Waals surface area contributed by atoms with Crippen LogP contribution in [0.5, 0.6) is 0 Å². The average molecular weight is 583 g/mol. The Bertz CT molecular complexity index is 2270. The summed E-state index contributed by atoms with van der Waals surface area (Å²) in [5.41, 5.74) is 9.38. The van der Waals surface area contributed by atoms with Crippen molar-refractivity contribution in [2.45, 2.75) is 6.92 Å². The minimum atomic E-state index is 1.13. The summed E-state index contributed by atoms with van der Waals surface area (Å²) in [5.74, 6) is 0. The molecule has 2 aromatic heterocycles. The minimum absolute atomic E-state index is 1.13. The van der Waals surface area contributed by atoms with Gasteiger partial charge in [0.05, 0.1) is 5.52 Å². The number of aromatic nitrogens is 1. The van der Waals surface area contributed by atoms with E-state index in [-0.39, 0.29) is 0 Å². The van der Waals surface area contributed by atoms with Crippen molar-refractivity contribution in [3.8, 4) is 16.8 Å². The van der Waals surface area contributed by atoms with Gasteiger partial charge in [-0.2, -0.15) is 0 Å². The molecule has 210 valence electrons. The van der Waals surface area contributed by atoms with Gasteiger partial charge in [-0.3, -0.25) is 0 Å². The molecule has 0 unspecified atom stereocenters. The number of allylic oxidation sites excluding steroid dienone is 1. The highest BCUT2D eigenvalue weighted by Crippen LogP contribution is 2.41. The van der Waals surface area contributed by atoms with Crippen molar-refractivity contribution < 1.29 is 0 Å². The SMILES string of the molecule is CC=Cc1ccc(N(c2ccc(-c3ccc(-n4ccc5ccccc54)cc3)cc2)c2ccc3sc4ccccc4c3c2)cc1. The van der Waals surface area contributed by atoms with E-state index in [1.807, 2.05) is 11.3 Å². The van der Waals surface area contributed by atoms with E-state index < -0.39 is 0 Å². The van der Waals surface area contributed by atoms with Crippen LogP contribution in [0.3, 0.4) is 0 Å². The Balaban J connectivity index is 1.16. The monoisotopic (exact) mass is 582 g/mol. The Morgan fingerprint density at radius 3 is 1.98 bits per heavy atom. The summed E-state index contributed by atoms with van der Waals surface area (Å²) in [6.45, 7) is 2.05. The van der Waals surface area contributed by atoms with Crippen molar-refractivity contribution >= 4 is 65.6 Å². The molecule has 0 amide bonds. The lowest BCUT2D eigenvalue weighted by atomic mass is 10.0. The Hall–Kier alpha value is -5.38. The van der Waals surface area contributed by atoms with Gasteiger partial charge in [0.2, 0.25) is 0 Å². The van der Waals surface area contributed by atoms with Crippen LogP contribution in [-0.2, 0) is 0 Å². The van der Waals surface area contributed by atoms with Crippen molar-refractivity contribution in [2.24, 2.45) is 0 Å². The standard InChI is InChI=1S/C41H30N2S/c1-2-7-29-12-18-34(19-13-29)43(36-24-25-41-38(28-36)37-9-4-6-11-40(37)44-41)35-22-16-31(17-23-35)30-14-20-33(21-15-30)42-27-26-32-8-3-5-10-39(32)42/h2-28H,1H3. The number of hydrogen-bond acceptors (Lipinski definition) is 2. The first-order chi connectivity index (χ1) is 21.7. The highest BCUT2D eigenvalue weighted by molar-refractivity contribution is 7.25. The van der Waals surface area contributed by atoms with Crippen LogP contribution in [0.15, 0.2) is 158 Å². The van der Waals surface area contributed by atoms with E-state index in [4.69, 9.17) is 0 Å². The summed E-state index contributed by atoms with van der Waals surface area (Å²) in [7, 11) is 0. The molecule has 0 spiro atoms. The second-order valence-electron chi connectivity index (χ2n) is 11.0. The highest BCUT2D eigenvalue weighted by atomic mass is 32.1. The molecular weight excluding hydrogens is 553 g/mol. The van der Waals surface area contributed by atoms with Gasteiger partial charge in [-0.05, 0) is 102 Å². The molecular formula is C41H30N2S. The number of nitrogens with zero attached hydrogens (tertiary/aromatic N) is 2. The van der Waals surface area contributed by atoms with Crippen LogP contribution in [0.1, 0.15) is 12.5 Å². The third kappa shape index (κ3) is 4.68. The van der Waals surface area contributed by atoms with E-state index in [1.54, 1.807) is 0 Å². The number of anilines is 3. The van der Waals surface area contributed by atoms with Crippen molar-refractivity contribution in [1.82, 2.24) is 4.57 Å². The van der Waals surface area contributed by atoms with Crippen LogP contribution in [0.4, 0.5) is 17.1 Å². The number of fused-ring (bicyclic) bond motifs is 4. The number of benzene rings is 6. The summed E-state index contributed by atoms with van der Waals surface area (Å²) in [6, 6.07) is 52.8. The number of para-hydroxylation sites is 1. The minimum Gasteiger partial charge on any atom is -0.317 e. The normalized spacial score (nSPS) is 11.7. The largest absolute Gasteiger partial charge is 0.317 e. The topological polar surface area (TPSA) is 8.17 Å². The van der Waals surface area contributed by atoms with E-state index in [2.05, 4.69) is 180 Å². The molecule has 0 aliphatic carbocycles. The Labute approximate surface area is 261 Å². The maximum absolute atomic E-state index is 2.36. The summed E-state index contributed by atoms with van der Waals surface area (Å²) in [5, 5.41) is 3.86. The van der Waals surface area contributed by atoms with Crippen molar-refractivity contribution in [3.63, 3.8) is 0 Å². The molecule has 0 N–H and O–H groups in total. The highest BCUT2D eigenvalue weighted by Gasteiger charge is 2.15. The molecule has 0 atom stereocenters. The van der Waals surface area contributed by atoms with Crippen LogP contribution in [0, 0.1) is 0 Å². The van der Waals surface area contributed by atoms with E-state index in [0.29, 0.717) is 0 Å². The Morgan fingerprint density at radius 2 is 1.20 bits per heavy atom. The lowest BCUT2D eigenvalue weighted by Gasteiger charge is -2.26. The summed E-state index contributed by atoms with van der Waals surface area (Å²) < 4.78 is 4.88. The van der Waals surface area contributed by atoms with Gasteiger partial charge in [0.15, 0.2) is 0 Å². The molecule has 3 heteroatoms. The number of rotatable bonds is 6. The fourth-order valence-corrected chi connectivity index (χ4v) is 7.24. The average Bonchev–Trinajstić information content (AvgIpc) is 3.68. The third-order valence-electron chi connectivity index (χ3n) is 8.33. The molecule has 0 saturated heterocycles. The smallest absolute Gasteiger partial charge is 0.0528 e. The van der Waals surface area contributed by atoms with Gasteiger partial charge in [-0.1, -0.05) is 84.9 Å². The Kier molecular flexibility index (Phi) is 6.59. The molecule has 8 rings (SSSR count). The first-order valence-corrected chi connectivity index (χ1v) is 15.8. The predicted molar refractivity (Wildman–Crippen MR) is 191 cm³/mol. The van der Waals surface area contributed by atoms with Crippen molar-refractivity contribution in [1.29, 1.82) is 0 Å². The molecule has 0 radical (unpaired) electrons. The second kappa shape index (κ2) is 11.0. The third-order valence-corrected chi connectivity index (χ3v) is 9.48. The molecule has 0 aliphatic rings. The molecule has 0 fully saturated rings. The van der Waals surface area contributed by atoms with Gasteiger partial charge in [-0.25, -0.2) is 0 Å². The lowest BCUT2D eigenvalue weighted by molar-refractivity contribution is 1.13. The van der Waals surface area contributed by atoms with Gasteiger partial charge < -0.3 is 9.47 Å². The summed E-state index contributed by atoms with van der Waals surface area (Å²) >= 11 is 1.85. The zero-order valence-corrected chi connectivity index (χ0v) is 25.2. The zero-order chi connectivity index (χ0) is 29.5. The predicted octanol–water partition coefficient (Wildman–Crippen LogP) is 12.2. The summed E-state index contributed by atoms with van der Waals surface area (Å²) in [4.78, 5) is 2.36. The Morgan fingerprint density at radius 1 is 0.568 bits per heavy atom. The van der Waals surface area contributed by atoms with Crippen LogP contribution in [0.2, 0.25) is 0 Å². The second-order valence-corrected chi connectivity index (χ2v) is 12.1. The fourth-order valence-electron chi connectivity index (χ4n) is 6.15. The molecule has 8 aromatic rings. The molecule has 44 heavy (non-hydrogen) atoms. The quantitative estimate of drug-likeness (QED) is 0.189. The summed E-state index contributed by atoms with van der Waals surface area (Å²) in [6.07, 6.45) is 6.36. The zero-order valence-electron chi connectivity index (χ0n) is 24.4. The van der Waals surface area contributed by atoms with Gasteiger partial charge in [-0.15, -0.1) is 11.3 Å². The molecule has 2 heterocycles. The van der Waals surface area contributed by atoms with E-state index in [1.165, 1.54) is 47.8 Å². The van der Waals surface area contributed by atoms with Crippen molar-refractivity contribution in [2.75, 3.05) is 4.90 Å². The van der Waals surface area contributed by atoms with Crippen LogP contribution < -0.4 is 4.90 Å². The van der Waals surface area contributed by atoms with Gasteiger partial charge in [0.25, 0.3) is 0 Å². The van der Waals surface area contributed by atoms with E-state index >= 15 is 0 Å². The number of hydrogen-bond donors (Lipinski definition) is 0. The van der Waals surface area contributed by atoms with Crippen LogP contribution >= 0.6 is 11.3 Å². The molecule has 0 aliphatic heterocycles. The lowest BCUT2D eigenvalue weighted by Crippen LogP contribution is -2.09. The fraction of sp³-hybridized carbons (Fsp3) is 0.0244. The van der Waals surface area contributed by atoms with Crippen LogP contribution in [0.25, 0.3) is 54.0 Å². The van der Waals surface area contributed by atoms with Gasteiger partial charge in [0.1, 0.15) is 0 Å². The molecule has 6 aromatic carbocycles. The first-order valence-electron chi connectivity index (χ1n) is 15.0. The van der Waals surface area contributed by atoms with E-state index in [0.717, 1.165) is 22.7 Å². The van der Waals surface area contributed by atoms with Gasteiger partial charge in [0, 0.05) is 49.1 Å². The first kappa shape index (κ1) is 26.3. The van der Waals surface area contributed by atoms with Crippen LogP contribution in [-0.4, -0.2) is 4.57 Å². The molecule has 2 nitrogen and oxygen atoms in total. The number of thiophene rings is 1. The molecule has 0 saturated carbocycles. The van der Waals surface area contributed by atoms with Crippen molar-refractivity contribution in [3.05, 3.63) is 163 Å². The maximum Gasteiger partial charge on any atom is 0.0528 e. The van der Waals surface area contributed by atoms with Gasteiger partial charge >= 0.3 is 0 Å². The van der Waals surface area contributed by atoms with E-state index in [9.17, 15) is 0 Å². The maximum atomic E-state index is 2.36.